The number of benzene rings is 3. The summed E-state index contributed by atoms with van der Waals surface area (Å²) in [5.41, 5.74) is 12.3. The molecule has 0 saturated heterocycles. The van der Waals surface area contributed by atoms with E-state index in [9.17, 15) is 0 Å². The largest absolute Gasteiger partial charge is 0.0860 e. The first-order chi connectivity index (χ1) is 16.5. The predicted molar refractivity (Wildman–Crippen MR) is 166 cm³/mol. The molecule has 0 saturated carbocycles. The van der Waals surface area contributed by atoms with Crippen LogP contribution in [0, 0.1) is 20.8 Å². The van der Waals surface area contributed by atoms with Crippen molar-refractivity contribution >= 4 is 33.7 Å². The third kappa shape index (κ3) is 9.78. The summed E-state index contributed by atoms with van der Waals surface area (Å²) in [6.45, 7) is 20.9. The molecule has 3 aromatic carbocycles. The molecule has 0 fully saturated rings. The first kappa shape index (κ1) is 32.1. The van der Waals surface area contributed by atoms with Crippen molar-refractivity contribution in [1.29, 1.82) is 0 Å². The van der Waals surface area contributed by atoms with E-state index in [2.05, 4.69) is 117 Å². The van der Waals surface area contributed by atoms with E-state index in [-0.39, 0.29) is 0 Å². The summed E-state index contributed by atoms with van der Waals surface area (Å²) in [7, 11) is 0. The average molecular weight is 571 g/mol. The fourth-order valence-electron chi connectivity index (χ4n) is 3.88. The van der Waals surface area contributed by atoms with Gasteiger partial charge in [0.15, 0.2) is 0 Å². The summed E-state index contributed by atoms with van der Waals surface area (Å²) < 4.78 is 1.16. The van der Waals surface area contributed by atoms with Crippen LogP contribution in [0.4, 0.5) is 0 Å². The topological polar surface area (TPSA) is 0 Å². The molecule has 0 heterocycles. The first-order valence-corrected chi connectivity index (χ1v) is 14.5. The van der Waals surface area contributed by atoms with Crippen LogP contribution in [0.15, 0.2) is 66.7 Å². The molecule has 0 radical (unpaired) electrons. The number of alkyl halides is 1. The van der Waals surface area contributed by atoms with Crippen LogP contribution in [0.1, 0.15) is 87.4 Å². The molecule has 34 heavy (non-hydrogen) atoms. The minimum absolute atomic E-state index is 0.953. The SMILES string of the molecule is C/C(=C(/Cc1ccc(CCI)cc1)c1ccc(C)cc1C)c1ccccc1C.CC.CC.CC. The Morgan fingerprint density at radius 2 is 1.21 bits per heavy atom. The number of halogens is 1. The Kier molecular flexibility index (Phi) is 17.4. The zero-order valence-electron chi connectivity index (χ0n) is 23.4. The van der Waals surface area contributed by atoms with Gasteiger partial charge in [-0.05, 0) is 85.1 Å². The third-order valence-electron chi connectivity index (χ3n) is 5.50. The van der Waals surface area contributed by atoms with Gasteiger partial charge in [-0.25, -0.2) is 0 Å². The smallest absolute Gasteiger partial charge is 0.00358 e. The van der Waals surface area contributed by atoms with Crippen LogP contribution >= 0.6 is 22.6 Å². The van der Waals surface area contributed by atoms with Gasteiger partial charge >= 0.3 is 0 Å². The van der Waals surface area contributed by atoms with Gasteiger partial charge in [-0.1, -0.05) is 136 Å². The molecule has 3 rings (SSSR count). The second kappa shape index (κ2) is 18.5. The highest BCUT2D eigenvalue weighted by atomic mass is 127. The van der Waals surface area contributed by atoms with Crippen molar-refractivity contribution in [2.75, 3.05) is 4.43 Å². The van der Waals surface area contributed by atoms with E-state index in [1.165, 1.54) is 50.1 Å². The number of hydrogen-bond donors (Lipinski definition) is 0. The van der Waals surface area contributed by atoms with Crippen LogP contribution in [0.2, 0.25) is 0 Å². The molecule has 0 amide bonds. The Morgan fingerprint density at radius 3 is 1.74 bits per heavy atom. The lowest BCUT2D eigenvalue weighted by Crippen LogP contribution is -1.99. The molecule has 0 bridgehead atoms. The third-order valence-corrected chi connectivity index (χ3v) is 6.04. The summed E-state index contributed by atoms with van der Waals surface area (Å²) >= 11 is 2.44. The molecule has 0 N–H and O–H groups in total. The fraction of sp³-hybridized carbons (Fsp3) is 0.394. The van der Waals surface area contributed by atoms with Crippen LogP contribution in [0.25, 0.3) is 11.1 Å². The number of rotatable bonds is 6. The zero-order valence-corrected chi connectivity index (χ0v) is 25.5. The van der Waals surface area contributed by atoms with Gasteiger partial charge in [0.05, 0.1) is 0 Å². The van der Waals surface area contributed by atoms with Gasteiger partial charge in [-0.15, -0.1) is 0 Å². The molecular weight excluding hydrogens is 523 g/mol. The Balaban J connectivity index is 0.00000168. The second-order valence-electron chi connectivity index (χ2n) is 7.67. The minimum Gasteiger partial charge on any atom is -0.0860 e. The van der Waals surface area contributed by atoms with Crippen molar-refractivity contribution in [2.45, 2.75) is 82.1 Å². The maximum Gasteiger partial charge on any atom is 0.00358 e. The summed E-state index contributed by atoms with van der Waals surface area (Å²) in [4.78, 5) is 0. The van der Waals surface area contributed by atoms with Crippen molar-refractivity contribution in [3.8, 4) is 0 Å². The van der Waals surface area contributed by atoms with Crippen molar-refractivity contribution in [1.82, 2.24) is 0 Å². The van der Waals surface area contributed by atoms with E-state index in [1.807, 2.05) is 41.5 Å². The molecule has 0 aromatic heterocycles. The molecule has 3 aromatic rings. The summed E-state index contributed by atoms with van der Waals surface area (Å²) in [5.74, 6) is 0. The normalized spacial score (nSPS) is 10.4. The van der Waals surface area contributed by atoms with Gasteiger partial charge in [0.2, 0.25) is 0 Å². The minimum atomic E-state index is 0.953. The summed E-state index contributed by atoms with van der Waals surface area (Å²) in [6, 6.07) is 24.7. The molecule has 0 nitrogen and oxygen atoms in total. The Hall–Kier alpha value is -1.87. The lowest BCUT2D eigenvalue weighted by Gasteiger charge is -2.18. The molecule has 0 spiro atoms. The summed E-state index contributed by atoms with van der Waals surface area (Å²) in [6.07, 6.45) is 2.09. The first-order valence-electron chi connectivity index (χ1n) is 13.0. The quantitative estimate of drug-likeness (QED) is 0.157. The molecular formula is C33H47I. The number of hydrogen-bond acceptors (Lipinski definition) is 0. The van der Waals surface area contributed by atoms with Crippen molar-refractivity contribution < 1.29 is 0 Å². The molecule has 0 aliphatic rings. The van der Waals surface area contributed by atoms with Gasteiger partial charge < -0.3 is 0 Å². The monoisotopic (exact) mass is 570 g/mol. The van der Waals surface area contributed by atoms with Crippen LogP contribution in [-0.2, 0) is 12.8 Å². The van der Waals surface area contributed by atoms with E-state index >= 15 is 0 Å². The molecule has 0 aliphatic carbocycles. The predicted octanol–water partition coefficient (Wildman–Crippen LogP) is 10.8. The maximum absolute atomic E-state index is 2.44. The maximum atomic E-state index is 2.44. The zero-order chi connectivity index (χ0) is 26.1. The van der Waals surface area contributed by atoms with Gasteiger partial charge in [0.1, 0.15) is 0 Å². The number of allylic oxidation sites excluding steroid dienone is 2. The van der Waals surface area contributed by atoms with E-state index in [1.54, 1.807) is 0 Å². The Morgan fingerprint density at radius 1 is 0.647 bits per heavy atom. The van der Waals surface area contributed by atoms with Crippen LogP contribution < -0.4 is 0 Å². The Labute approximate surface area is 225 Å². The number of aryl methyl sites for hydroxylation is 4. The molecule has 0 aliphatic heterocycles. The van der Waals surface area contributed by atoms with Gasteiger partial charge in [-0.3, -0.25) is 0 Å². The van der Waals surface area contributed by atoms with Crippen molar-refractivity contribution in [2.24, 2.45) is 0 Å². The molecule has 0 unspecified atom stereocenters. The van der Waals surface area contributed by atoms with E-state index in [0.29, 0.717) is 0 Å². The highest BCUT2D eigenvalue weighted by molar-refractivity contribution is 14.1. The van der Waals surface area contributed by atoms with Crippen LogP contribution in [0.5, 0.6) is 0 Å². The van der Waals surface area contributed by atoms with E-state index in [4.69, 9.17) is 0 Å². The van der Waals surface area contributed by atoms with Crippen LogP contribution in [0.3, 0.4) is 0 Å². The van der Waals surface area contributed by atoms with E-state index in [0.717, 1.165) is 17.3 Å². The average Bonchev–Trinajstić information content (AvgIpc) is 2.88. The second-order valence-corrected chi connectivity index (χ2v) is 8.75. The van der Waals surface area contributed by atoms with Crippen molar-refractivity contribution in [3.63, 3.8) is 0 Å². The highest BCUT2D eigenvalue weighted by Crippen LogP contribution is 2.33. The highest BCUT2D eigenvalue weighted by Gasteiger charge is 2.13. The molecule has 186 valence electrons. The standard InChI is InChI=1S/C27H29I.3C2H6/c1-19-9-14-26(21(3)17-19)27(22(4)25-8-6-5-7-20(25)2)18-24-12-10-23(11-13-24)15-16-28;3*1-2/h5-14,17H,15-16,18H2,1-4H3;3*1-2H3/b27-22+;;;. The fourth-order valence-corrected chi connectivity index (χ4v) is 4.50. The van der Waals surface area contributed by atoms with E-state index < -0.39 is 0 Å². The molecule has 1 heteroatoms. The lowest BCUT2D eigenvalue weighted by molar-refractivity contribution is 1.16. The van der Waals surface area contributed by atoms with Gasteiger partial charge in [0.25, 0.3) is 0 Å². The molecule has 0 atom stereocenters. The Bertz CT molecular complexity index is 978. The van der Waals surface area contributed by atoms with Crippen LogP contribution in [-0.4, -0.2) is 4.43 Å². The van der Waals surface area contributed by atoms with Gasteiger partial charge in [0, 0.05) is 4.43 Å². The van der Waals surface area contributed by atoms with Crippen molar-refractivity contribution in [3.05, 3.63) is 106 Å². The van der Waals surface area contributed by atoms with Gasteiger partial charge in [-0.2, -0.15) is 0 Å². The lowest BCUT2D eigenvalue weighted by atomic mass is 9.87. The summed E-state index contributed by atoms with van der Waals surface area (Å²) in [5, 5.41) is 0.